The second kappa shape index (κ2) is 6.48. The molecule has 0 aromatic carbocycles. The van der Waals surface area contributed by atoms with Gasteiger partial charge in [0.1, 0.15) is 5.82 Å². The standard InChI is InChI=1S/C17H23N3O2/c1-13(2)6-7-17(21)19-11-14-15(12-19)22-10-9-20(14)16-5-3-4-8-18-16/h3-8,13-15H,9-12H2,1-2H3/b7-6+/t14-,15-/m0/s1. The van der Waals surface area contributed by atoms with Gasteiger partial charge in [-0.1, -0.05) is 26.0 Å². The molecule has 5 heteroatoms. The van der Waals surface area contributed by atoms with Gasteiger partial charge in [-0.3, -0.25) is 4.79 Å². The maximum atomic E-state index is 12.3. The summed E-state index contributed by atoms with van der Waals surface area (Å²) in [4.78, 5) is 20.9. The Morgan fingerprint density at radius 1 is 1.41 bits per heavy atom. The average Bonchev–Trinajstić information content (AvgIpc) is 2.97. The summed E-state index contributed by atoms with van der Waals surface area (Å²) in [5.41, 5.74) is 0. The highest BCUT2D eigenvalue weighted by atomic mass is 16.5. The number of nitrogens with zero attached hydrogens (tertiary/aromatic N) is 3. The van der Waals surface area contributed by atoms with Gasteiger partial charge in [-0.25, -0.2) is 4.98 Å². The van der Waals surface area contributed by atoms with Crippen LogP contribution in [-0.2, 0) is 9.53 Å². The highest BCUT2D eigenvalue weighted by molar-refractivity contribution is 5.88. The molecule has 0 unspecified atom stereocenters. The third-order valence-corrected chi connectivity index (χ3v) is 4.18. The van der Waals surface area contributed by atoms with Gasteiger partial charge >= 0.3 is 0 Å². The summed E-state index contributed by atoms with van der Waals surface area (Å²) in [5, 5.41) is 0. The Bertz CT molecular complexity index is 544. The first-order valence-corrected chi connectivity index (χ1v) is 7.91. The lowest BCUT2D eigenvalue weighted by Gasteiger charge is -2.37. The van der Waals surface area contributed by atoms with Gasteiger partial charge in [-0.05, 0) is 24.1 Å². The number of hydrogen-bond acceptors (Lipinski definition) is 4. The monoisotopic (exact) mass is 301 g/mol. The van der Waals surface area contributed by atoms with Crippen LogP contribution in [0.1, 0.15) is 13.8 Å². The van der Waals surface area contributed by atoms with Crippen LogP contribution in [0.4, 0.5) is 5.82 Å². The van der Waals surface area contributed by atoms with E-state index in [2.05, 4.69) is 23.7 Å². The van der Waals surface area contributed by atoms with Crippen molar-refractivity contribution in [1.82, 2.24) is 9.88 Å². The Labute approximate surface area is 131 Å². The smallest absolute Gasteiger partial charge is 0.246 e. The van der Waals surface area contributed by atoms with Crippen molar-refractivity contribution < 1.29 is 9.53 Å². The molecule has 0 N–H and O–H groups in total. The number of rotatable bonds is 3. The van der Waals surface area contributed by atoms with Gasteiger partial charge in [-0.15, -0.1) is 0 Å². The number of fused-ring (bicyclic) bond motifs is 1. The van der Waals surface area contributed by atoms with E-state index in [9.17, 15) is 4.79 Å². The first-order valence-electron chi connectivity index (χ1n) is 7.91. The van der Waals surface area contributed by atoms with E-state index in [0.717, 1.165) is 12.4 Å². The molecule has 0 bridgehead atoms. The third-order valence-electron chi connectivity index (χ3n) is 4.18. The largest absolute Gasteiger partial charge is 0.372 e. The second-order valence-electron chi connectivity index (χ2n) is 6.20. The molecule has 2 fully saturated rings. The van der Waals surface area contributed by atoms with E-state index in [4.69, 9.17) is 4.74 Å². The van der Waals surface area contributed by atoms with Crippen LogP contribution < -0.4 is 4.90 Å². The van der Waals surface area contributed by atoms with Gasteiger partial charge in [0, 0.05) is 25.8 Å². The van der Waals surface area contributed by atoms with Crippen LogP contribution in [0.3, 0.4) is 0 Å². The van der Waals surface area contributed by atoms with Gasteiger partial charge < -0.3 is 14.5 Å². The number of aromatic nitrogens is 1. The van der Waals surface area contributed by atoms with Crippen LogP contribution in [-0.4, -0.2) is 54.2 Å². The molecular weight excluding hydrogens is 278 g/mol. The average molecular weight is 301 g/mol. The summed E-state index contributed by atoms with van der Waals surface area (Å²) in [6, 6.07) is 6.13. The number of morpholine rings is 1. The minimum Gasteiger partial charge on any atom is -0.372 e. The Balaban J connectivity index is 1.72. The molecule has 0 radical (unpaired) electrons. The molecule has 0 aliphatic carbocycles. The first-order chi connectivity index (χ1) is 10.6. The molecule has 2 saturated heterocycles. The van der Waals surface area contributed by atoms with Crippen molar-refractivity contribution in [2.75, 3.05) is 31.1 Å². The van der Waals surface area contributed by atoms with E-state index in [1.165, 1.54) is 0 Å². The van der Waals surface area contributed by atoms with E-state index >= 15 is 0 Å². The summed E-state index contributed by atoms with van der Waals surface area (Å²) in [7, 11) is 0. The molecule has 3 rings (SSSR count). The van der Waals surface area contributed by atoms with Crippen molar-refractivity contribution in [3.63, 3.8) is 0 Å². The minimum absolute atomic E-state index is 0.0761. The van der Waals surface area contributed by atoms with Crippen molar-refractivity contribution in [2.45, 2.75) is 26.0 Å². The van der Waals surface area contributed by atoms with E-state index in [0.29, 0.717) is 25.6 Å². The van der Waals surface area contributed by atoms with Gasteiger partial charge in [0.25, 0.3) is 0 Å². The van der Waals surface area contributed by atoms with Crippen LogP contribution in [0.2, 0.25) is 0 Å². The summed E-state index contributed by atoms with van der Waals surface area (Å²) >= 11 is 0. The number of carbonyl (C=O) groups is 1. The van der Waals surface area contributed by atoms with Crippen LogP contribution in [0.15, 0.2) is 36.5 Å². The molecule has 3 heterocycles. The van der Waals surface area contributed by atoms with Gasteiger partial charge in [0.2, 0.25) is 5.91 Å². The van der Waals surface area contributed by atoms with E-state index in [-0.39, 0.29) is 18.1 Å². The lowest BCUT2D eigenvalue weighted by Crippen LogP contribution is -2.51. The predicted octanol–water partition coefficient (Wildman–Crippen LogP) is 1.71. The van der Waals surface area contributed by atoms with Crippen molar-refractivity contribution in [3.8, 4) is 0 Å². The number of ether oxygens (including phenoxy) is 1. The Kier molecular flexibility index (Phi) is 4.43. The predicted molar refractivity (Wildman–Crippen MR) is 85.7 cm³/mol. The molecule has 0 spiro atoms. The fraction of sp³-hybridized carbons (Fsp3) is 0.529. The number of anilines is 1. The molecule has 2 aliphatic heterocycles. The summed E-state index contributed by atoms with van der Waals surface area (Å²) in [6.45, 7) is 7.00. The third kappa shape index (κ3) is 3.14. The number of pyridine rings is 1. The highest BCUT2D eigenvalue weighted by Gasteiger charge is 2.41. The zero-order valence-corrected chi connectivity index (χ0v) is 13.2. The number of amides is 1. The van der Waals surface area contributed by atoms with Crippen molar-refractivity contribution in [1.29, 1.82) is 0 Å². The lowest BCUT2D eigenvalue weighted by molar-refractivity contribution is -0.125. The highest BCUT2D eigenvalue weighted by Crippen LogP contribution is 2.26. The summed E-state index contributed by atoms with van der Waals surface area (Å²) in [6.07, 6.45) is 5.52. The Hall–Kier alpha value is -1.88. The zero-order valence-electron chi connectivity index (χ0n) is 13.2. The SMILES string of the molecule is CC(C)/C=C/C(=O)N1C[C@@H]2OCCN(c3ccccn3)[C@H]2C1. The molecule has 5 nitrogen and oxygen atoms in total. The van der Waals surface area contributed by atoms with E-state index in [1.54, 1.807) is 6.08 Å². The van der Waals surface area contributed by atoms with Gasteiger partial charge in [0.05, 0.1) is 18.8 Å². The molecule has 0 saturated carbocycles. The molecule has 2 atom stereocenters. The minimum atomic E-state index is 0.0761. The van der Waals surface area contributed by atoms with Crippen LogP contribution in [0, 0.1) is 5.92 Å². The van der Waals surface area contributed by atoms with E-state index in [1.807, 2.05) is 35.4 Å². The van der Waals surface area contributed by atoms with E-state index < -0.39 is 0 Å². The molecular formula is C17H23N3O2. The number of hydrogen-bond donors (Lipinski definition) is 0. The molecule has 2 aliphatic rings. The van der Waals surface area contributed by atoms with Crippen molar-refractivity contribution in [3.05, 3.63) is 36.5 Å². The maximum absolute atomic E-state index is 12.3. The second-order valence-corrected chi connectivity index (χ2v) is 6.20. The summed E-state index contributed by atoms with van der Waals surface area (Å²) < 4.78 is 5.87. The zero-order chi connectivity index (χ0) is 15.5. The Morgan fingerprint density at radius 2 is 2.27 bits per heavy atom. The normalized spacial score (nSPS) is 25.0. The molecule has 1 aromatic heterocycles. The van der Waals surface area contributed by atoms with Gasteiger partial charge in [0.15, 0.2) is 0 Å². The maximum Gasteiger partial charge on any atom is 0.246 e. The van der Waals surface area contributed by atoms with Crippen molar-refractivity contribution >= 4 is 11.7 Å². The molecule has 118 valence electrons. The fourth-order valence-electron chi connectivity index (χ4n) is 3.06. The fourth-order valence-corrected chi connectivity index (χ4v) is 3.06. The molecule has 22 heavy (non-hydrogen) atoms. The molecule has 1 aromatic rings. The van der Waals surface area contributed by atoms with Crippen LogP contribution in [0.5, 0.6) is 0 Å². The van der Waals surface area contributed by atoms with Crippen molar-refractivity contribution in [2.24, 2.45) is 5.92 Å². The number of likely N-dealkylation sites (tertiary alicyclic amines) is 1. The number of carbonyl (C=O) groups excluding carboxylic acids is 1. The van der Waals surface area contributed by atoms with Crippen LogP contribution >= 0.6 is 0 Å². The summed E-state index contributed by atoms with van der Waals surface area (Å²) in [5.74, 6) is 1.43. The Morgan fingerprint density at radius 3 is 3.00 bits per heavy atom. The topological polar surface area (TPSA) is 45.7 Å². The molecule has 1 amide bonds. The van der Waals surface area contributed by atoms with Gasteiger partial charge in [-0.2, -0.15) is 0 Å². The quantitative estimate of drug-likeness (QED) is 0.797. The first kappa shape index (κ1) is 15.0. The number of allylic oxidation sites excluding steroid dienone is 1. The van der Waals surface area contributed by atoms with Crippen LogP contribution in [0.25, 0.3) is 0 Å². The lowest BCUT2D eigenvalue weighted by atomic mass is 10.1.